The van der Waals surface area contributed by atoms with E-state index in [1.165, 1.54) is 5.56 Å². The maximum absolute atomic E-state index is 4.66. The Bertz CT molecular complexity index is 801. The van der Waals surface area contributed by atoms with Crippen LogP contribution in [0.25, 0.3) is 5.69 Å². The highest BCUT2D eigenvalue weighted by Crippen LogP contribution is 2.18. The molecule has 2 atom stereocenters. The van der Waals surface area contributed by atoms with E-state index in [-0.39, 0.29) is 24.0 Å². The SMILES string of the molecule is CN=C(NCCCc1cn(-c2ccccc2)nc1C)NC1CN(C(C)C)CC1C.I. The van der Waals surface area contributed by atoms with Crippen LogP contribution in [-0.2, 0) is 6.42 Å². The molecular weight excluding hydrogens is 487 g/mol. The fraction of sp³-hybridized carbons (Fsp3) is 0.565. The fourth-order valence-corrected chi connectivity index (χ4v) is 3.92. The zero-order valence-electron chi connectivity index (χ0n) is 18.9. The van der Waals surface area contributed by atoms with Gasteiger partial charge in [0.15, 0.2) is 5.96 Å². The standard InChI is InChI=1S/C23H36N6.HI/c1-17(2)28-14-18(3)22(16-28)26-23(24-5)25-13-9-10-20-15-29(27-19(20)4)21-11-7-6-8-12-21;/h6-8,11-12,15,17-18,22H,9-10,13-14,16H2,1-5H3,(H2,24,25,26);1H. The molecule has 2 aromatic rings. The lowest BCUT2D eigenvalue weighted by molar-refractivity contribution is 0.265. The minimum atomic E-state index is 0. The number of nitrogens with one attached hydrogen (secondary N) is 2. The number of para-hydroxylation sites is 1. The van der Waals surface area contributed by atoms with Gasteiger partial charge in [-0.25, -0.2) is 4.68 Å². The Morgan fingerprint density at radius 1 is 1.23 bits per heavy atom. The molecule has 1 aliphatic heterocycles. The molecule has 2 N–H and O–H groups in total. The number of guanidine groups is 1. The molecule has 0 amide bonds. The van der Waals surface area contributed by atoms with Crippen molar-refractivity contribution in [3.8, 4) is 5.69 Å². The van der Waals surface area contributed by atoms with Crippen molar-refractivity contribution in [1.82, 2.24) is 25.3 Å². The van der Waals surface area contributed by atoms with E-state index in [0.29, 0.717) is 18.0 Å². The molecule has 1 aromatic carbocycles. The summed E-state index contributed by atoms with van der Waals surface area (Å²) in [5, 5.41) is 11.8. The lowest BCUT2D eigenvalue weighted by atomic mass is 10.1. The number of rotatable bonds is 7. The van der Waals surface area contributed by atoms with Crippen molar-refractivity contribution in [2.24, 2.45) is 10.9 Å². The molecule has 166 valence electrons. The predicted octanol–water partition coefficient (Wildman–Crippen LogP) is 3.63. The van der Waals surface area contributed by atoms with Crippen LogP contribution < -0.4 is 10.6 Å². The summed E-state index contributed by atoms with van der Waals surface area (Å²) in [6.07, 6.45) is 4.20. The molecule has 0 spiro atoms. The van der Waals surface area contributed by atoms with Gasteiger partial charge in [-0.1, -0.05) is 25.1 Å². The predicted molar refractivity (Wildman–Crippen MR) is 136 cm³/mol. The number of nitrogens with zero attached hydrogens (tertiary/aromatic N) is 4. The van der Waals surface area contributed by atoms with Crippen molar-refractivity contribution in [3.05, 3.63) is 47.8 Å². The normalized spacial score (nSPS) is 19.7. The quantitative estimate of drug-likeness (QED) is 0.252. The van der Waals surface area contributed by atoms with Crippen molar-refractivity contribution in [1.29, 1.82) is 0 Å². The summed E-state index contributed by atoms with van der Waals surface area (Å²) in [6.45, 7) is 12.1. The highest BCUT2D eigenvalue weighted by Gasteiger charge is 2.31. The Balaban J connectivity index is 0.00000320. The van der Waals surface area contributed by atoms with Gasteiger partial charge in [0.2, 0.25) is 0 Å². The van der Waals surface area contributed by atoms with Gasteiger partial charge in [-0.05, 0) is 57.2 Å². The Morgan fingerprint density at radius 3 is 2.60 bits per heavy atom. The zero-order valence-corrected chi connectivity index (χ0v) is 21.3. The van der Waals surface area contributed by atoms with E-state index in [1.54, 1.807) is 0 Å². The van der Waals surface area contributed by atoms with Gasteiger partial charge >= 0.3 is 0 Å². The average Bonchev–Trinajstić information content (AvgIpc) is 3.27. The largest absolute Gasteiger partial charge is 0.356 e. The molecule has 7 heteroatoms. The monoisotopic (exact) mass is 524 g/mol. The van der Waals surface area contributed by atoms with Gasteiger partial charge in [-0.3, -0.25) is 9.89 Å². The van der Waals surface area contributed by atoms with Crippen LogP contribution >= 0.6 is 24.0 Å². The maximum Gasteiger partial charge on any atom is 0.191 e. The Kier molecular flexibility index (Phi) is 9.61. The molecule has 1 fully saturated rings. The summed E-state index contributed by atoms with van der Waals surface area (Å²) in [4.78, 5) is 6.95. The van der Waals surface area contributed by atoms with Crippen LogP contribution in [0.4, 0.5) is 0 Å². The summed E-state index contributed by atoms with van der Waals surface area (Å²) in [7, 11) is 1.85. The summed E-state index contributed by atoms with van der Waals surface area (Å²) in [5.74, 6) is 1.53. The number of aliphatic imine (C=N–C) groups is 1. The third-order valence-corrected chi connectivity index (χ3v) is 5.85. The summed E-state index contributed by atoms with van der Waals surface area (Å²) in [6, 6.07) is 11.3. The molecule has 0 radical (unpaired) electrons. The molecule has 6 nitrogen and oxygen atoms in total. The van der Waals surface area contributed by atoms with E-state index in [9.17, 15) is 0 Å². The second-order valence-corrected chi connectivity index (χ2v) is 8.40. The van der Waals surface area contributed by atoms with Crippen molar-refractivity contribution in [2.45, 2.75) is 52.6 Å². The minimum absolute atomic E-state index is 0. The van der Waals surface area contributed by atoms with Crippen LogP contribution in [0, 0.1) is 12.8 Å². The fourth-order valence-electron chi connectivity index (χ4n) is 3.92. The van der Waals surface area contributed by atoms with Gasteiger partial charge < -0.3 is 10.6 Å². The Hall–Kier alpha value is -1.61. The highest BCUT2D eigenvalue weighted by atomic mass is 127. The molecule has 3 rings (SSSR count). The Labute approximate surface area is 198 Å². The molecule has 1 aliphatic rings. The number of benzene rings is 1. The second kappa shape index (κ2) is 11.7. The number of hydrogen-bond acceptors (Lipinski definition) is 3. The second-order valence-electron chi connectivity index (χ2n) is 8.40. The van der Waals surface area contributed by atoms with Gasteiger partial charge in [0, 0.05) is 45.0 Å². The van der Waals surface area contributed by atoms with E-state index in [4.69, 9.17) is 0 Å². The topological polar surface area (TPSA) is 57.5 Å². The van der Waals surface area contributed by atoms with E-state index in [2.05, 4.69) is 71.6 Å². The first-order valence-electron chi connectivity index (χ1n) is 10.8. The molecular formula is C23H37IN6. The summed E-state index contributed by atoms with van der Waals surface area (Å²) >= 11 is 0. The molecule has 0 bridgehead atoms. The van der Waals surface area contributed by atoms with Crippen LogP contribution in [0.1, 0.15) is 38.4 Å². The maximum atomic E-state index is 4.66. The lowest BCUT2D eigenvalue weighted by Gasteiger charge is -2.22. The molecule has 2 unspecified atom stereocenters. The van der Waals surface area contributed by atoms with Crippen LogP contribution in [0.3, 0.4) is 0 Å². The summed E-state index contributed by atoms with van der Waals surface area (Å²) in [5.41, 5.74) is 3.51. The molecule has 2 heterocycles. The highest BCUT2D eigenvalue weighted by molar-refractivity contribution is 14.0. The summed E-state index contributed by atoms with van der Waals surface area (Å²) < 4.78 is 1.97. The number of halogens is 1. The van der Waals surface area contributed by atoms with E-state index < -0.39 is 0 Å². The molecule has 1 saturated heterocycles. The molecule has 1 aromatic heterocycles. The van der Waals surface area contributed by atoms with Crippen molar-refractivity contribution in [2.75, 3.05) is 26.7 Å². The average molecular weight is 524 g/mol. The first kappa shape index (κ1) is 24.7. The third-order valence-electron chi connectivity index (χ3n) is 5.85. The molecule has 0 aliphatic carbocycles. The van der Waals surface area contributed by atoms with Gasteiger partial charge in [-0.15, -0.1) is 24.0 Å². The Morgan fingerprint density at radius 2 is 1.97 bits per heavy atom. The van der Waals surface area contributed by atoms with Gasteiger partial charge in [0.25, 0.3) is 0 Å². The van der Waals surface area contributed by atoms with Crippen LogP contribution in [0.5, 0.6) is 0 Å². The minimum Gasteiger partial charge on any atom is -0.356 e. The van der Waals surface area contributed by atoms with E-state index >= 15 is 0 Å². The first-order valence-corrected chi connectivity index (χ1v) is 10.8. The van der Waals surface area contributed by atoms with Crippen LogP contribution in [-0.4, -0.2) is 59.4 Å². The molecule has 30 heavy (non-hydrogen) atoms. The van der Waals surface area contributed by atoms with Crippen molar-refractivity contribution in [3.63, 3.8) is 0 Å². The zero-order chi connectivity index (χ0) is 20.8. The lowest BCUT2D eigenvalue weighted by Crippen LogP contribution is -2.47. The number of aryl methyl sites for hydroxylation is 2. The third kappa shape index (κ3) is 6.44. The van der Waals surface area contributed by atoms with E-state index in [1.807, 2.05) is 29.9 Å². The van der Waals surface area contributed by atoms with Gasteiger partial charge in [0.1, 0.15) is 0 Å². The smallest absolute Gasteiger partial charge is 0.191 e. The van der Waals surface area contributed by atoms with E-state index in [0.717, 1.165) is 49.8 Å². The van der Waals surface area contributed by atoms with Crippen molar-refractivity contribution >= 4 is 29.9 Å². The first-order chi connectivity index (χ1) is 14.0. The number of hydrogen-bond donors (Lipinski definition) is 2. The van der Waals surface area contributed by atoms with Gasteiger partial charge in [0.05, 0.1) is 11.4 Å². The van der Waals surface area contributed by atoms with Crippen LogP contribution in [0.2, 0.25) is 0 Å². The van der Waals surface area contributed by atoms with Crippen molar-refractivity contribution < 1.29 is 0 Å². The number of aromatic nitrogens is 2. The number of likely N-dealkylation sites (tertiary alicyclic amines) is 1. The van der Waals surface area contributed by atoms with Crippen LogP contribution in [0.15, 0.2) is 41.5 Å². The molecule has 0 saturated carbocycles. The van der Waals surface area contributed by atoms with Gasteiger partial charge in [-0.2, -0.15) is 5.10 Å².